The number of anilines is 1. The van der Waals surface area contributed by atoms with Gasteiger partial charge < -0.3 is 15.0 Å². The smallest absolute Gasteiger partial charge is 0.241 e. The number of nitrogens with zero attached hydrogens (tertiary/aromatic N) is 1. The largest absolute Gasteiger partial charge is 0.489 e. The SMILES string of the molecule is O=C(CNc1ccc(OCc2ccc(Cl)cc2)cc1)N1CCCCC1. The molecule has 0 unspecified atom stereocenters. The van der Waals surface area contributed by atoms with Crippen LogP contribution in [0.25, 0.3) is 0 Å². The third-order valence-electron chi connectivity index (χ3n) is 4.33. The molecule has 1 amide bonds. The second-order valence-corrected chi connectivity index (χ2v) is 6.67. The summed E-state index contributed by atoms with van der Waals surface area (Å²) in [5.74, 6) is 0.964. The van der Waals surface area contributed by atoms with Crippen LogP contribution in [0, 0.1) is 0 Å². The maximum Gasteiger partial charge on any atom is 0.241 e. The number of piperidine rings is 1. The number of nitrogens with one attached hydrogen (secondary N) is 1. The Kier molecular flexibility index (Phi) is 6.18. The van der Waals surface area contributed by atoms with Crippen molar-refractivity contribution in [3.8, 4) is 5.75 Å². The molecule has 1 aliphatic rings. The first-order valence-electron chi connectivity index (χ1n) is 8.70. The third kappa shape index (κ3) is 5.40. The number of hydrogen-bond acceptors (Lipinski definition) is 3. The summed E-state index contributed by atoms with van der Waals surface area (Å²) in [6.07, 6.45) is 3.46. The van der Waals surface area contributed by atoms with Crippen LogP contribution in [-0.2, 0) is 11.4 Å². The van der Waals surface area contributed by atoms with Crippen molar-refractivity contribution < 1.29 is 9.53 Å². The van der Waals surface area contributed by atoms with Crippen molar-refractivity contribution in [2.24, 2.45) is 0 Å². The summed E-state index contributed by atoms with van der Waals surface area (Å²) in [5, 5.41) is 3.91. The first-order valence-corrected chi connectivity index (χ1v) is 9.07. The van der Waals surface area contributed by atoms with Gasteiger partial charge in [0.2, 0.25) is 5.91 Å². The van der Waals surface area contributed by atoms with Crippen LogP contribution in [0.5, 0.6) is 5.75 Å². The van der Waals surface area contributed by atoms with E-state index in [2.05, 4.69) is 5.32 Å². The Morgan fingerprint density at radius 2 is 1.68 bits per heavy atom. The van der Waals surface area contributed by atoms with E-state index in [4.69, 9.17) is 16.3 Å². The van der Waals surface area contributed by atoms with Gasteiger partial charge in [0.15, 0.2) is 0 Å². The zero-order chi connectivity index (χ0) is 17.5. The molecule has 2 aromatic rings. The summed E-state index contributed by atoms with van der Waals surface area (Å²) < 4.78 is 5.76. The number of ether oxygens (including phenoxy) is 1. The number of amides is 1. The van der Waals surface area contributed by atoms with Crippen LogP contribution < -0.4 is 10.1 Å². The van der Waals surface area contributed by atoms with Crippen molar-refractivity contribution in [2.75, 3.05) is 25.0 Å². The highest BCUT2D eigenvalue weighted by molar-refractivity contribution is 6.30. The van der Waals surface area contributed by atoms with E-state index in [-0.39, 0.29) is 5.91 Å². The second kappa shape index (κ2) is 8.77. The van der Waals surface area contributed by atoms with Gasteiger partial charge in [0.25, 0.3) is 0 Å². The highest BCUT2D eigenvalue weighted by Crippen LogP contribution is 2.18. The lowest BCUT2D eigenvalue weighted by Crippen LogP contribution is -2.39. The maximum atomic E-state index is 12.2. The molecule has 2 aromatic carbocycles. The topological polar surface area (TPSA) is 41.6 Å². The summed E-state index contributed by atoms with van der Waals surface area (Å²) >= 11 is 5.87. The second-order valence-electron chi connectivity index (χ2n) is 6.23. The first kappa shape index (κ1) is 17.6. The standard InChI is InChI=1S/C20H23ClN2O2/c21-17-6-4-16(5-7-17)15-25-19-10-8-18(9-11-19)22-14-20(24)23-12-2-1-3-13-23/h4-11,22H,1-3,12-15H2. The lowest BCUT2D eigenvalue weighted by molar-refractivity contribution is -0.130. The molecular weight excluding hydrogens is 336 g/mol. The minimum absolute atomic E-state index is 0.169. The summed E-state index contributed by atoms with van der Waals surface area (Å²) in [6, 6.07) is 15.3. The normalized spacial score (nSPS) is 14.2. The Morgan fingerprint density at radius 1 is 1.00 bits per heavy atom. The van der Waals surface area contributed by atoms with Crippen molar-refractivity contribution in [3.63, 3.8) is 0 Å². The van der Waals surface area contributed by atoms with E-state index in [1.807, 2.05) is 53.4 Å². The number of likely N-dealkylation sites (tertiary alicyclic amines) is 1. The van der Waals surface area contributed by atoms with E-state index < -0.39 is 0 Å². The highest BCUT2D eigenvalue weighted by Gasteiger charge is 2.15. The van der Waals surface area contributed by atoms with Gasteiger partial charge in [0.05, 0.1) is 6.54 Å². The molecule has 0 spiro atoms. The highest BCUT2D eigenvalue weighted by atomic mass is 35.5. The average Bonchev–Trinajstić information content (AvgIpc) is 2.67. The van der Waals surface area contributed by atoms with Gasteiger partial charge in [-0.2, -0.15) is 0 Å². The van der Waals surface area contributed by atoms with Crippen molar-refractivity contribution in [1.82, 2.24) is 4.90 Å². The fraction of sp³-hybridized carbons (Fsp3) is 0.350. The fourth-order valence-electron chi connectivity index (χ4n) is 2.85. The Balaban J connectivity index is 1.45. The molecular formula is C20H23ClN2O2. The molecule has 0 radical (unpaired) electrons. The predicted molar refractivity (Wildman–Crippen MR) is 101 cm³/mol. The van der Waals surface area contributed by atoms with Crippen LogP contribution >= 0.6 is 11.6 Å². The Labute approximate surface area is 153 Å². The van der Waals surface area contributed by atoms with E-state index in [9.17, 15) is 4.79 Å². The fourth-order valence-corrected chi connectivity index (χ4v) is 2.98. The van der Waals surface area contributed by atoms with E-state index in [1.165, 1.54) is 6.42 Å². The minimum Gasteiger partial charge on any atom is -0.489 e. The van der Waals surface area contributed by atoms with Crippen molar-refractivity contribution >= 4 is 23.2 Å². The number of rotatable bonds is 6. The monoisotopic (exact) mass is 358 g/mol. The Morgan fingerprint density at radius 3 is 2.36 bits per heavy atom. The van der Waals surface area contributed by atoms with Gasteiger partial charge in [-0.3, -0.25) is 4.79 Å². The lowest BCUT2D eigenvalue weighted by Gasteiger charge is -2.26. The van der Waals surface area contributed by atoms with Crippen molar-refractivity contribution in [3.05, 3.63) is 59.1 Å². The van der Waals surface area contributed by atoms with Gasteiger partial charge in [-0.15, -0.1) is 0 Å². The van der Waals surface area contributed by atoms with E-state index in [0.29, 0.717) is 13.2 Å². The number of hydrogen-bond donors (Lipinski definition) is 1. The Bertz CT molecular complexity index is 680. The summed E-state index contributed by atoms with van der Waals surface area (Å²) in [7, 11) is 0. The molecule has 4 nitrogen and oxygen atoms in total. The molecule has 5 heteroatoms. The lowest BCUT2D eigenvalue weighted by atomic mass is 10.1. The molecule has 25 heavy (non-hydrogen) atoms. The molecule has 1 N–H and O–H groups in total. The summed E-state index contributed by atoms with van der Waals surface area (Å²) in [4.78, 5) is 14.1. The van der Waals surface area contributed by atoms with E-state index in [1.54, 1.807) is 0 Å². The van der Waals surface area contributed by atoms with E-state index >= 15 is 0 Å². The van der Waals surface area contributed by atoms with Crippen LogP contribution in [0.3, 0.4) is 0 Å². The summed E-state index contributed by atoms with van der Waals surface area (Å²) in [5.41, 5.74) is 1.99. The van der Waals surface area contributed by atoms with Gasteiger partial charge in [0.1, 0.15) is 12.4 Å². The van der Waals surface area contributed by atoms with E-state index in [0.717, 1.165) is 48.0 Å². The van der Waals surface area contributed by atoms with Gasteiger partial charge in [-0.1, -0.05) is 23.7 Å². The van der Waals surface area contributed by atoms with Crippen LogP contribution in [-0.4, -0.2) is 30.4 Å². The summed E-state index contributed by atoms with van der Waals surface area (Å²) in [6.45, 7) is 2.61. The number of carbonyl (C=O) groups excluding carboxylic acids is 1. The van der Waals surface area contributed by atoms with Gasteiger partial charge in [-0.05, 0) is 61.2 Å². The van der Waals surface area contributed by atoms with Gasteiger partial charge in [0, 0.05) is 23.8 Å². The van der Waals surface area contributed by atoms with Crippen molar-refractivity contribution in [1.29, 1.82) is 0 Å². The zero-order valence-corrected chi connectivity index (χ0v) is 15.0. The molecule has 132 valence electrons. The third-order valence-corrected chi connectivity index (χ3v) is 4.58. The van der Waals surface area contributed by atoms with Gasteiger partial charge in [-0.25, -0.2) is 0 Å². The zero-order valence-electron chi connectivity index (χ0n) is 14.2. The van der Waals surface area contributed by atoms with Crippen LogP contribution in [0.1, 0.15) is 24.8 Å². The molecule has 0 aliphatic carbocycles. The quantitative estimate of drug-likeness (QED) is 0.835. The number of carbonyl (C=O) groups is 1. The molecule has 0 bridgehead atoms. The molecule has 1 aliphatic heterocycles. The molecule has 0 atom stereocenters. The van der Waals surface area contributed by atoms with Gasteiger partial charge >= 0.3 is 0 Å². The molecule has 1 saturated heterocycles. The van der Waals surface area contributed by atoms with Crippen LogP contribution in [0.4, 0.5) is 5.69 Å². The van der Waals surface area contributed by atoms with Crippen LogP contribution in [0.15, 0.2) is 48.5 Å². The molecule has 1 fully saturated rings. The average molecular weight is 359 g/mol. The molecule has 0 aromatic heterocycles. The van der Waals surface area contributed by atoms with Crippen LogP contribution in [0.2, 0.25) is 5.02 Å². The molecule has 3 rings (SSSR count). The Hall–Kier alpha value is -2.20. The number of benzene rings is 2. The predicted octanol–water partition coefficient (Wildman–Crippen LogP) is 4.34. The maximum absolute atomic E-state index is 12.2. The van der Waals surface area contributed by atoms with Crippen molar-refractivity contribution in [2.45, 2.75) is 25.9 Å². The number of halogens is 1. The first-order chi connectivity index (χ1) is 12.2. The molecule has 0 saturated carbocycles. The minimum atomic E-state index is 0.169. The molecule has 1 heterocycles.